The number of ether oxygens (including phenoxy) is 1. The SMILES string of the molecule is O=C(OC12CC3CC(CC(O)(C3)C1)C2)C(F)(SOOO)C(F)(F)C(F)(F)C(F)(F)C(F)(F)C(F)(F)C(F)(F)F. The van der Waals surface area contributed by atoms with E-state index in [0.29, 0.717) is 6.42 Å². The molecule has 0 saturated heterocycles. The molecule has 0 radical (unpaired) electrons. The van der Waals surface area contributed by atoms with Gasteiger partial charge in [-0.3, -0.25) is 0 Å². The van der Waals surface area contributed by atoms with E-state index >= 15 is 4.39 Å². The number of carbonyl (C=O) groups is 1. The van der Waals surface area contributed by atoms with E-state index in [1.807, 2.05) is 0 Å². The standard InChI is InChI=1S/C18H16F14O6S/c19-12(39-38-37-35,9(33)36-11-4-7-1-8(5-11)3-10(34,2-7)6-11)13(20,21)14(22,23)15(24,25)16(26,27)17(28,29)18(30,31)32/h7-8,34-35H,1-6H2. The largest absolute Gasteiger partial charge is 0.460 e. The summed E-state index contributed by atoms with van der Waals surface area (Å²) in [7, 11) is 0. The maximum Gasteiger partial charge on any atom is 0.460 e. The predicted molar refractivity (Wildman–Crippen MR) is 95.5 cm³/mol. The van der Waals surface area contributed by atoms with Gasteiger partial charge < -0.3 is 9.84 Å². The Morgan fingerprint density at radius 1 is 0.718 bits per heavy atom. The molecule has 21 heteroatoms. The van der Waals surface area contributed by atoms with Crippen molar-refractivity contribution in [2.45, 2.75) is 90.5 Å². The molecule has 3 unspecified atom stereocenters. The van der Waals surface area contributed by atoms with Gasteiger partial charge >= 0.3 is 46.8 Å². The van der Waals surface area contributed by atoms with Gasteiger partial charge in [0, 0.05) is 6.42 Å². The first-order chi connectivity index (χ1) is 17.3. The summed E-state index contributed by atoms with van der Waals surface area (Å²) in [5.74, 6) is -44.9. The third-order valence-corrected chi connectivity index (χ3v) is 7.85. The molecule has 0 aromatic carbocycles. The Bertz CT molecular complexity index is 960. The van der Waals surface area contributed by atoms with Crippen LogP contribution in [0.15, 0.2) is 0 Å². The summed E-state index contributed by atoms with van der Waals surface area (Å²) in [6.45, 7) is 0. The van der Waals surface area contributed by atoms with Crippen LogP contribution in [0.5, 0.6) is 0 Å². The smallest absolute Gasteiger partial charge is 0.456 e. The van der Waals surface area contributed by atoms with Crippen molar-refractivity contribution in [1.29, 1.82) is 0 Å². The molecule has 4 bridgehead atoms. The van der Waals surface area contributed by atoms with Crippen LogP contribution in [0.4, 0.5) is 61.5 Å². The van der Waals surface area contributed by atoms with Gasteiger partial charge in [0.2, 0.25) is 0 Å². The van der Waals surface area contributed by atoms with Crippen molar-refractivity contribution in [3.05, 3.63) is 0 Å². The topological polar surface area (TPSA) is 85.2 Å². The van der Waals surface area contributed by atoms with E-state index in [0.717, 1.165) is 0 Å². The molecule has 0 aromatic rings. The van der Waals surface area contributed by atoms with Crippen LogP contribution >= 0.6 is 12.0 Å². The molecule has 0 heterocycles. The van der Waals surface area contributed by atoms with Gasteiger partial charge in [0.1, 0.15) is 5.60 Å². The van der Waals surface area contributed by atoms with Gasteiger partial charge in [0.25, 0.3) is 0 Å². The van der Waals surface area contributed by atoms with E-state index in [9.17, 15) is 67.0 Å². The zero-order valence-corrected chi connectivity index (χ0v) is 19.4. The lowest BCUT2D eigenvalue weighted by Gasteiger charge is -2.59. The molecule has 0 spiro atoms. The van der Waals surface area contributed by atoms with E-state index in [2.05, 4.69) is 14.1 Å². The molecule has 228 valence electrons. The molecular weight excluding hydrogens is 610 g/mol. The number of rotatable bonds is 10. The Kier molecular flexibility index (Phi) is 7.50. The van der Waals surface area contributed by atoms with Crippen LogP contribution in [-0.2, 0) is 18.9 Å². The fraction of sp³-hybridized carbons (Fsp3) is 0.944. The van der Waals surface area contributed by atoms with Crippen LogP contribution in [0.2, 0.25) is 0 Å². The highest BCUT2D eigenvalue weighted by Gasteiger charge is 2.94. The van der Waals surface area contributed by atoms with Gasteiger partial charge in [-0.25, -0.2) is 14.4 Å². The number of alkyl halides is 14. The van der Waals surface area contributed by atoms with Crippen molar-refractivity contribution in [2.24, 2.45) is 11.8 Å². The maximum absolute atomic E-state index is 15.4. The van der Waals surface area contributed by atoms with Crippen LogP contribution in [-0.4, -0.2) is 68.3 Å². The van der Waals surface area contributed by atoms with Gasteiger partial charge in [0.15, 0.2) is 0 Å². The molecule has 2 N–H and O–H groups in total. The first kappa shape index (κ1) is 32.2. The van der Waals surface area contributed by atoms with E-state index in [-0.39, 0.29) is 25.7 Å². The van der Waals surface area contributed by atoms with Crippen LogP contribution < -0.4 is 0 Å². The van der Waals surface area contributed by atoms with E-state index in [1.54, 1.807) is 0 Å². The molecule has 0 aromatic heterocycles. The summed E-state index contributed by atoms with van der Waals surface area (Å²) in [6.07, 6.45) is -8.26. The zero-order valence-electron chi connectivity index (χ0n) is 18.6. The summed E-state index contributed by atoms with van der Waals surface area (Å²) >= 11 is -2.06. The number of esters is 1. The van der Waals surface area contributed by atoms with Gasteiger partial charge in [0.05, 0.1) is 17.6 Å². The highest BCUT2D eigenvalue weighted by atomic mass is 32.2. The van der Waals surface area contributed by atoms with Crippen molar-refractivity contribution in [1.82, 2.24) is 0 Å². The second-order valence-corrected chi connectivity index (χ2v) is 10.8. The molecular formula is C18H16F14O6S. The quantitative estimate of drug-likeness (QED) is 0.0999. The molecule has 0 amide bonds. The molecule has 4 rings (SSSR count). The average Bonchev–Trinajstić information content (AvgIpc) is 2.73. The fourth-order valence-electron chi connectivity index (χ4n) is 5.76. The molecule has 4 aliphatic carbocycles. The van der Waals surface area contributed by atoms with Crippen molar-refractivity contribution < 1.29 is 90.7 Å². The van der Waals surface area contributed by atoms with Gasteiger partial charge in [-0.2, -0.15) is 57.1 Å². The van der Waals surface area contributed by atoms with Gasteiger partial charge in [-0.1, -0.05) is 5.04 Å². The number of halogens is 14. The molecule has 39 heavy (non-hydrogen) atoms. The minimum atomic E-state index is -8.41. The first-order valence-electron chi connectivity index (χ1n) is 10.5. The Morgan fingerprint density at radius 3 is 1.56 bits per heavy atom. The predicted octanol–water partition coefficient (Wildman–Crippen LogP) is 6.09. The lowest BCUT2D eigenvalue weighted by atomic mass is 9.52. The van der Waals surface area contributed by atoms with Crippen LogP contribution in [0.3, 0.4) is 0 Å². The molecule has 3 atom stereocenters. The Labute approximate surface area is 212 Å². The second kappa shape index (κ2) is 9.09. The molecule has 4 aliphatic rings. The van der Waals surface area contributed by atoms with Crippen molar-refractivity contribution in [3.8, 4) is 0 Å². The normalized spacial score (nSPS) is 31.8. The van der Waals surface area contributed by atoms with Crippen molar-refractivity contribution in [3.63, 3.8) is 0 Å². The zero-order chi connectivity index (χ0) is 30.3. The van der Waals surface area contributed by atoms with Crippen LogP contribution in [0, 0.1) is 11.8 Å². The fourth-order valence-corrected chi connectivity index (χ4v) is 6.23. The van der Waals surface area contributed by atoms with Crippen LogP contribution in [0.1, 0.15) is 38.5 Å². The molecule has 6 nitrogen and oxygen atoms in total. The van der Waals surface area contributed by atoms with Crippen LogP contribution in [0.25, 0.3) is 0 Å². The third kappa shape index (κ3) is 4.53. The molecule has 0 aliphatic heterocycles. The van der Waals surface area contributed by atoms with E-state index in [4.69, 9.17) is 5.26 Å². The molecule has 4 fully saturated rings. The van der Waals surface area contributed by atoms with Gasteiger partial charge in [-0.15, -0.1) is 4.33 Å². The third-order valence-electron chi connectivity index (χ3n) is 7.06. The average molecular weight is 626 g/mol. The summed E-state index contributed by atoms with van der Waals surface area (Å²) in [4.78, 5) is 12.5. The number of hydrogen-bond acceptors (Lipinski definition) is 7. The van der Waals surface area contributed by atoms with E-state index in [1.165, 1.54) is 0 Å². The lowest BCUT2D eigenvalue weighted by Crippen LogP contribution is -2.74. The summed E-state index contributed by atoms with van der Waals surface area (Å²) in [5.41, 5.74) is -3.68. The lowest BCUT2D eigenvalue weighted by molar-refractivity contribution is -0.446. The highest BCUT2D eigenvalue weighted by Crippen LogP contribution is 2.65. The number of aliphatic hydroxyl groups is 1. The minimum Gasteiger partial charge on any atom is -0.456 e. The Balaban J connectivity index is 2.04. The molecule has 4 saturated carbocycles. The summed E-state index contributed by atoms with van der Waals surface area (Å²) in [6, 6.07) is 0. The first-order valence-corrected chi connectivity index (χ1v) is 11.3. The highest BCUT2D eigenvalue weighted by molar-refractivity contribution is 7.96. The Morgan fingerprint density at radius 2 is 1.15 bits per heavy atom. The maximum atomic E-state index is 15.4. The summed E-state index contributed by atoms with van der Waals surface area (Å²) < 4.78 is 199. The Hall–Kier alpha value is -1.32. The van der Waals surface area contributed by atoms with E-state index < -0.39 is 88.3 Å². The summed E-state index contributed by atoms with van der Waals surface area (Å²) in [5, 5.41) is 15.1. The monoisotopic (exact) mass is 626 g/mol. The minimum absolute atomic E-state index is 0.0999. The van der Waals surface area contributed by atoms with Crippen molar-refractivity contribution >= 4 is 18.0 Å². The van der Waals surface area contributed by atoms with Gasteiger partial charge in [-0.05, 0) is 43.9 Å². The number of carbonyl (C=O) groups excluding carboxylic acids is 1. The number of hydrogen-bond donors (Lipinski definition) is 2. The van der Waals surface area contributed by atoms with Crippen molar-refractivity contribution in [2.75, 3.05) is 0 Å². The second-order valence-electron chi connectivity index (χ2n) is 9.95.